The average Bonchev–Trinajstić information content (AvgIpc) is 2.32. The third-order valence-electron chi connectivity index (χ3n) is 3.54. The zero-order chi connectivity index (χ0) is 12.3. The predicted molar refractivity (Wildman–Crippen MR) is 71.8 cm³/mol. The highest BCUT2D eigenvalue weighted by Crippen LogP contribution is 2.29. The van der Waals surface area contributed by atoms with Crippen molar-refractivity contribution in [1.29, 1.82) is 0 Å². The first-order valence-electron chi connectivity index (χ1n) is 6.28. The summed E-state index contributed by atoms with van der Waals surface area (Å²) in [5, 5.41) is 0. The van der Waals surface area contributed by atoms with Crippen molar-refractivity contribution < 1.29 is 4.79 Å². The summed E-state index contributed by atoms with van der Waals surface area (Å²) in [4.78, 5) is 16.4. The van der Waals surface area contributed by atoms with E-state index in [0.29, 0.717) is 18.1 Å². The third-order valence-corrected chi connectivity index (χ3v) is 4.00. The molecule has 1 aromatic rings. The van der Waals surface area contributed by atoms with E-state index in [-0.39, 0.29) is 5.92 Å². The van der Waals surface area contributed by atoms with E-state index < -0.39 is 0 Å². The van der Waals surface area contributed by atoms with Crippen molar-refractivity contribution in [2.75, 3.05) is 0 Å². The van der Waals surface area contributed by atoms with Gasteiger partial charge in [-0.25, -0.2) is 0 Å². The predicted octanol–water partition coefficient (Wildman–Crippen LogP) is 3.78. The van der Waals surface area contributed by atoms with Crippen molar-refractivity contribution in [2.24, 2.45) is 11.8 Å². The molecule has 1 aliphatic carbocycles. The van der Waals surface area contributed by atoms with Crippen LogP contribution in [0.3, 0.4) is 0 Å². The average molecular weight is 296 g/mol. The molecule has 3 heteroatoms. The fourth-order valence-corrected chi connectivity index (χ4v) is 2.79. The van der Waals surface area contributed by atoms with Crippen molar-refractivity contribution in [3.8, 4) is 0 Å². The van der Waals surface area contributed by atoms with Crippen LogP contribution in [-0.4, -0.2) is 10.8 Å². The van der Waals surface area contributed by atoms with Crippen molar-refractivity contribution >= 4 is 21.7 Å². The molecule has 1 fully saturated rings. The van der Waals surface area contributed by atoms with Crippen LogP contribution in [0.4, 0.5) is 0 Å². The fourth-order valence-electron chi connectivity index (χ4n) is 2.56. The zero-order valence-corrected chi connectivity index (χ0v) is 11.7. The van der Waals surface area contributed by atoms with Gasteiger partial charge >= 0.3 is 0 Å². The molecule has 0 aliphatic heterocycles. The molecule has 2 nitrogen and oxygen atoms in total. The van der Waals surface area contributed by atoms with Gasteiger partial charge in [0.2, 0.25) is 0 Å². The number of hydrogen-bond acceptors (Lipinski definition) is 2. The monoisotopic (exact) mass is 295 g/mol. The summed E-state index contributed by atoms with van der Waals surface area (Å²) >= 11 is 3.35. The van der Waals surface area contributed by atoms with E-state index in [0.717, 1.165) is 23.0 Å². The molecule has 2 atom stereocenters. The molecule has 0 aromatic carbocycles. The molecule has 2 unspecified atom stereocenters. The molecule has 0 amide bonds. The Bertz CT molecular complexity index is 388. The Morgan fingerprint density at radius 2 is 2.29 bits per heavy atom. The van der Waals surface area contributed by atoms with Gasteiger partial charge in [0, 0.05) is 28.7 Å². The Hall–Kier alpha value is -0.700. The molecule has 1 aromatic heterocycles. The number of rotatable bonds is 3. The lowest BCUT2D eigenvalue weighted by Crippen LogP contribution is -2.23. The van der Waals surface area contributed by atoms with E-state index in [9.17, 15) is 4.79 Å². The highest BCUT2D eigenvalue weighted by Gasteiger charge is 2.24. The molecule has 0 spiro atoms. The van der Waals surface area contributed by atoms with Gasteiger partial charge in [-0.1, -0.05) is 19.8 Å². The van der Waals surface area contributed by atoms with Crippen LogP contribution in [0, 0.1) is 11.8 Å². The number of carbonyl (C=O) groups is 1. The lowest BCUT2D eigenvalue weighted by molar-refractivity contribution is -0.123. The summed E-state index contributed by atoms with van der Waals surface area (Å²) in [5.74, 6) is 1.34. The molecule has 2 rings (SSSR count). The van der Waals surface area contributed by atoms with Crippen molar-refractivity contribution in [3.05, 3.63) is 28.5 Å². The van der Waals surface area contributed by atoms with Gasteiger partial charge in [-0.05, 0) is 46.8 Å². The number of Topliss-reactive ketones (excluding diaryl/α,β-unsaturated/α-hetero) is 1. The number of nitrogens with zero attached hydrogens (tertiary/aromatic N) is 1. The first-order chi connectivity index (χ1) is 8.15. The number of aromatic nitrogens is 1. The summed E-state index contributed by atoms with van der Waals surface area (Å²) in [6.07, 6.45) is 6.86. The summed E-state index contributed by atoms with van der Waals surface area (Å²) in [6.45, 7) is 2.25. The van der Waals surface area contributed by atoms with E-state index in [1.165, 1.54) is 12.8 Å². The minimum absolute atomic E-state index is 0.268. The van der Waals surface area contributed by atoms with Crippen molar-refractivity contribution in [1.82, 2.24) is 4.98 Å². The topological polar surface area (TPSA) is 30.0 Å². The van der Waals surface area contributed by atoms with Crippen LogP contribution in [0.15, 0.2) is 22.8 Å². The van der Waals surface area contributed by atoms with Crippen LogP contribution in [0.2, 0.25) is 0 Å². The number of pyridine rings is 1. The second kappa shape index (κ2) is 5.76. The van der Waals surface area contributed by atoms with Crippen molar-refractivity contribution in [3.63, 3.8) is 0 Å². The molecule has 0 radical (unpaired) electrons. The Balaban J connectivity index is 1.94. The maximum absolute atomic E-state index is 12.1. The molecule has 17 heavy (non-hydrogen) atoms. The van der Waals surface area contributed by atoms with E-state index in [1.54, 1.807) is 6.20 Å². The van der Waals surface area contributed by atoms with Gasteiger partial charge in [0.05, 0.1) is 0 Å². The molecule has 1 aliphatic rings. The first kappa shape index (κ1) is 12.7. The summed E-state index contributed by atoms with van der Waals surface area (Å²) in [7, 11) is 0. The van der Waals surface area contributed by atoms with Gasteiger partial charge in [0.15, 0.2) is 0 Å². The van der Waals surface area contributed by atoms with Gasteiger partial charge in [0.1, 0.15) is 5.78 Å². The quantitative estimate of drug-likeness (QED) is 0.849. The number of halogens is 1. The van der Waals surface area contributed by atoms with Gasteiger partial charge in [-0.3, -0.25) is 9.78 Å². The molecule has 1 saturated carbocycles. The van der Waals surface area contributed by atoms with Crippen molar-refractivity contribution in [2.45, 2.75) is 39.0 Å². The Morgan fingerprint density at radius 1 is 1.47 bits per heavy atom. The lowest BCUT2D eigenvalue weighted by atomic mass is 9.79. The Kier molecular flexibility index (Phi) is 4.32. The normalized spacial score (nSPS) is 24.6. The van der Waals surface area contributed by atoms with Crippen LogP contribution in [-0.2, 0) is 11.2 Å². The van der Waals surface area contributed by atoms with Crippen LogP contribution < -0.4 is 0 Å². The third kappa shape index (κ3) is 3.63. The largest absolute Gasteiger partial charge is 0.299 e. The molecular formula is C14H18BrNO. The number of ketones is 1. The van der Waals surface area contributed by atoms with Gasteiger partial charge < -0.3 is 0 Å². The second-order valence-corrected chi connectivity index (χ2v) is 6.00. The highest BCUT2D eigenvalue weighted by atomic mass is 79.9. The van der Waals surface area contributed by atoms with Crippen LogP contribution in [0.5, 0.6) is 0 Å². The zero-order valence-electron chi connectivity index (χ0n) is 10.2. The lowest BCUT2D eigenvalue weighted by Gasteiger charge is -2.25. The molecule has 0 N–H and O–H groups in total. The Morgan fingerprint density at radius 3 is 2.94 bits per heavy atom. The standard InChI is InChI=1S/C14H18BrNO/c1-10-3-2-4-11(7-10)14(17)8-13-6-5-12(15)9-16-13/h5-6,9-11H,2-4,7-8H2,1H3. The van der Waals surface area contributed by atoms with E-state index in [2.05, 4.69) is 27.8 Å². The van der Waals surface area contributed by atoms with Gasteiger partial charge in [0.25, 0.3) is 0 Å². The maximum atomic E-state index is 12.1. The van der Waals surface area contributed by atoms with Crippen LogP contribution in [0.25, 0.3) is 0 Å². The molecular weight excluding hydrogens is 278 g/mol. The molecule has 1 heterocycles. The fraction of sp³-hybridized carbons (Fsp3) is 0.571. The summed E-state index contributed by atoms with van der Waals surface area (Å²) < 4.78 is 0.958. The highest BCUT2D eigenvalue weighted by molar-refractivity contribution is 9.10. The molecule has 92 valence electrons. The second-order valence-electron chi connectivity index (χ2n) is 5.08. The van der Waals surface area contributed by atoms with Gasteiger partial charge in [-0.2, -0.15) is 0 Å². The summed E-state index contributed by atoms with van der Waals surface area (Å²) in [6, 6.07) is 3.87. The minimum atomic E-state index is 0.268. The SMILES string of the molecule is CC1CCCC(C(=O)Cc2ccc(Br)cn2)C1. The molecule has 0 saturated heterocycles. The van der Waals surface area contributed by atoms with Gasteiger partial charge in [-0.15, -0.1) is 0 Å². The number of carbonyl (C=O) groups excluding carboxylic acids is 1. The summed E-state index contributed by atoms with van der Waals surface area (Å²) in [5.41, 5.74) is 0.886. The van der Waals surface area contributed by atoms with E-state index >= 15 is 0 Å². The maximum Gasteiger partial charge on any atom is 0.141 e. The van der Waals surface area contributed by atoms with E-state index in [4.69, 9.17) is 0 Å². The Labute approximate surface area is 111 Å². The smallest absolute Gasteiger partial charge is 0.141 e. The molecule has 0 bridgehead atoms. The van der Waals surface area contributed by atoms with Crippen LogP contribution >= 0.6 is 15.9 Å². The van der Waals surface area contributed by atoms with E-state index in [1.807, 2.05) is 12.1 Å². The first-order valence-corrected chi connectivity index (χ1v) is 7.07. The van der Waals surface area contributed by atoms with Crippen LogP contribution in [0.1, 0.15) is 38.3 Å². The number of hydrogen-bond donors (Lipinski definition) is 0. The minimum Gasteiger partial charge on any atom is -0.299 e.